The minimum atomic E-state index is -0.244. The van der Waals surface area contributed by atoms with Crippen LogP contribution in [0, 0.1) is 0 Å². The van der Waals surface area contributed by atoms with Crippen LogP contribution in [0.5, 0.6) is 0 Å². The van der Waals surface area contributed by atoms with E-state index in [9.17, 15) is 14.4 Å². The van der Waals surface area contributed by atoms with Gasteiger partial charge in [0.05, 0.1) is 22.7 Å². The Hall–Kier alpha value is -2.93. The Morgan fingerprint density at radius 1 is 1.10 bits per heavy atom. The van der Waals surface area contributed by atoms with E-state index < -0.39 is 0 Å². The molecular weight excluding hydrogens is 386 g/mol. The first-order valence-electron chi connectivity index (χ1n) is 9.58. The summed E-state index contributed by atoms with van der Waals surface area (Å²) in [6.07, 6.45) is 1.12. The van der Waals surface area contributed by atoms with Gasteiger partial charge in [-0.25, -0.2) is 4.98 Å². The maximum absolute atomic E-state index is 13.3. The molecule has 1 unspecified atom stereocenters. The van der Waals surface area contributed by atoms with E-state index in [1.165, 1.54) is 16.7 Å². The van der Waals surface area contributed by atoms with E-state index in [0.29, 0.717) is 35.4 Å². The van der Waals surface area contributed by atoms with Crippen LogP contribution in [-0.2, 0) is 9.59 Å². The van der Waals surface area contributed by atoms with Gasteiger partial charge in [-0.05, 0) is 31.0 Å². The van der Waals surface area contributed by atoms with Crippen molar-refractivity contribution < 1.29 is 9.59 Å². The highest BCUT2D eigenvalue weighted by Gasteiger charge is 2.27. The lowest BCUT2D eigenvalue weighted by molar-refractivity contribution is -0.140. The summed E-state index contributed by atoms with van der Waals surface area (Å²) in [4.78, 5) is 43.6. The zero-order valence-corrected chi connectivity index (χ0v) is 16.9. The van der Waals surface area contributed by atoms with Crippen molar-refractivity contribution in [3.8, 4) is 0 Å². The molecule has 0 radical (unpaired) electrons. The van der Waals surface area contributed by atoms with Crippen LogP contribution in [0.15, 0.2) is 64.5 Å². The molecule has 0 N–H and O–H groups in total. The second kappa shape index (κ2) is 8.21. The minimum absolute atomic E-state index is 0.0675. The predicted octanol–water partition coefficient (Wildman–Crippen LogP) is 3.25. The molecule has 2 aromatic carbocycles. The molecule has 0 spiro atoms. The number of aromatic nitrogens is 2. The average molecular weight is 407 g/mol. The normalized spacial score (nSPS) is 15.1. The summed E-state index contributed by atoms with van der Waals surface area (Å²) >= 11 is 1.20. The number of para-hydroxylation sites is 1. The van der Waals surface area contributed by atoms with Crippen molar-refractivity contribution in [3.05, 3.63) is 70.5 Å². The van der Waals surface area contributed by atoms with Gasteiger partial charge in [-0.3, -0.25) is 23.9 Å². The van der Waals surface area contributed by atoms with Gasteiger partial charge in [0, 0.05) is 13.0 Å². The number of thioether (sulfide) groups is 1. The lowest BCUT2D eigenvalue weighted by Gasteiger charge is -2.20. The molecular formula is C22H21N3O3S. The van der Waals surface area contributed by atoms with E-state index >= 15 is 0 Å². The van der Waals surface area contributed by atoms with Gasteiger partial charge in [0.2, 0.25) is 11.8 Å². The van der Waals surface area contributed by atoms with Crippen LogP contribution >= 0.6 is 11.8 Å². The summed E-state index contributed by atoms with van der Waals surface area (Å²) < 4.78 is 1.64. The molecule has 1 fully saturated rings. The molecule has 0 bridgehead atoms. The molecule has 29 heavy (non-hydrogen) atoms. The highest BCUT2D eigenvalue weighted by molar-refractivity contribution is 7.99. The van der Waals surface area contributed by atoms with Gasteiger partial charge in [0.1, 0.15) is 0 Å². The van der Waals surface area contributed by atoms with E-state index in [1.54, 1.807) is 16.7 Å². The number of rotatable bonds is 5. The Morgan fingerprint density at radius 2 is 1.83 bits per heavy atom. The van der Waals surface area contributed by atoms with Crippen LogP contribution in [0.3, 0.4) is 0 Å². The molecule has 1 saturated heterocycles. The zero-order valence-electron chi connectivity index (χ0n) is 16.1. The fourth-order valence-corrected chi connectivity index (χ4v) is 4.52. The average Bonchev–Trinajstić information content (AvgIpc) is 3.18. The molecule has 3 aromatic rings. The van der Waals surface area contributed by atoms with E-state index in [2.05, 4.69) is 4.98 Å². The van der Waals surface area contributed by atoms with Crippen molar-refractivity contribution in [2.75, 3.05) is 12.3 Å². The zero-order chi connectivity index (χ0) is 20.4. The molecule has 1 aromatic heterocycles. The molecule has 1 aliphatic heterocycles. The fraction of sp³-hybridized carbons (Fsp3) is 0.273. The van der Waals surface area contributed by atoms with Crippen molar-refractivity contribution in [2.24, 2.45) is 0 Å². The smallest absolute Gasteiger partial charge is 0.262 e. The van der Waals surface area contributed by atoms with Crippen LogP contribution in [0.25, 0.3) is 10.9 Å². The molecule has 148 valence electrons. The highest BCUT2D eigenvalue weighted by Crippen LogP contribution is 2.25. The summed E-state index contributed by atoms with van der Waals surface area (Å²) in [6, 6.07) is 16.7. The summed E-state index contributed by atoms with van der Waals surface area (Å²) in [5.74, 6) is -0.297. The monoisotopic (exact) mass is 407 g/mol. The number of likely N-dealkylation sites (tertiary alicyclic amines) is 1. The third kappa shape index (κ3) is 3.82. The summed E-state index contributed by atoms with van der Waals surface area (Å²) in [5, 5.41) is 1.02. The molecule has 1 atom stereocenters. The quantitative estimate of drug-likeness (QED) is 0.480. The van der Waals surface area contributed by atoms with E-state index in [-0.39, 0.29) is 29.2 Å². The third-order valence-corrected chi connectivity index (χ3v) is 6.08. The first kappa shape index (κ1) is 19.4. The fourth-order valence-electron chi connectivity index (χ4n) is 3.57. The van der Waals surface area contributed by atoms with Gasteiger partial charge in [-0.1, -0.05) is 54.2 Å². The number of benzene rings is 2. The number of nitrogens with zero attached hydrogens (tertiary/aromatic N) is 3. The number of imide groups is 1. The number of amides is 2. The van der Waals surface area contributed by atoms with Crippen LogP contribution in [0.2, 0.25) is 0 Å². The second-order valence-corrected chi connectivity index (χ2v) is 7.95. The van der Waals surface area contributed by atoms with Crippen molar-refractivity contribution in [1.82, 2.24) is 14.5 Å². The van der Waals surface area contributed by atoms with Gasteiger partial charge < -0.3 is 0 Å². The highest BCUT2D eigenvalue weighted by atomic mass is 32.2. The molecule has 1 aliphatic rings. The van der Waals surface area contributed by atoms with E-state index in [4.69, 9.17) is 0 Å². The molecule has 4 rings (SSSR count). The van der Waals surface area contributed by atoms with Gasteiger partial charge in [-0.2, -0.15) is 0 Å². The number of carbonyl (C=O) groups is 2. The number of hydrogen-bond acceptors (Lipinski definition) is 5. The van der Waals surface area contributed by atoms with Crippen molar-refractivity contribution in [3.63, 3.8) is 0 Å². The Bertz CT molecular complexity index is 1130. The predicted molar refractivity (Wildman–Crippen MR) is 113 cm³/mol. The lowest BCUT2D eigenvalue weighted by Crippen LogP contribution is -2.33. The molecule has 0 saturated carbocycles. The molecule has 2 amide bonds. The number of hydrogen-bond donors (Lipinski definition) is 0. The maximum Gasteiger partial charge on any atom is 0.262 e. The van der Waals surface area contributed by atoms with E-state index in [1.807, 2.05) is 49.4 Å². The van der Waals surface area contributed by atoms with Gasteiger partial charge in [0.15, 0.2) is 5.16 Å². The van der Waals surface area contributed by atoms with Crippen molar-refractivity contribution in [2.45, 2.75) is 31.0 Å². The Kier molecular flexibility index (Phi) is 5.49. The minimum Gasteiger partial charge on any atom is -0.282 e. The maximum atomic E-state index is 13.3. The largest absolute Gasteiger partial charge is 0.282 e. The standard InChI is InChI=1S/C22H21N3O3S/c1-15(16-8-3-2-4-9-16)25-21(28)17-10-5-6-11-18(17)23-22(25)29-14-20(27)24-13-7-12-19(24)26/h2-6,8-11,15H,7,12-14H2,1H3. The topological polar surface area (TPSA) is 72.3 Å². The summed E-state index contributed by atoms with van der Waals surface area (Å²) in [5.41, 5.74) is 1.44. The van der Waals surface area contributed by atoms with Crippen LogP contribution in [0.4, 0.5) is 0 Å². The SMILES string of the molecule is CC(c1ccccc1)n1c(SCC(=O)N2CCCC2=O)nc2ccccc2c1=O. The molecule has 0 aliphatic carbocycles. The van der Waals surface area contributed by atoms with Crippen LogP contribution < -0.4 is 5.56 Å². The van der Waals surface area contributed by atoms with Gasteiger partial charge >= 0.3 is 0 Å². The van der Waals surface area contributed by atoms with Crippen LogP contribution in [-0.4, -0.2) is 38.6 Å². The van der Waals surface area contributed by atoms with Crippen LogP contribution in [0.1, 0.15) is 31.4 Å². The van der Waals surface area contributed by atoms with E-state index in [0.717, 1.165) is 5.56 Å². The molecule has 6 nitrogen and oxygen atoms in total. The number of carbonyl (C=O) groups excluding carboxylic acids is 2. The second-order valence-electron chi connectivity index (χ2n) is 7.00. The van der Waals surface area contributed by atoms with Crippen molar-refractivity contribution in [1.29, 1.82) is 0 Å². The molecule has 2 heterocycles. The Balaban J connectivity index is 1.72. The summed E-state index contributed by atoms with van der Waals surface area (Å²) in [6.45, 7) is 2.42. The lowest BCUT2D eigenvalue weighted by atomic mass is 10.1. The summed E-state index contributed by atoms with van der Waals surface area (Å²) in [7, 11) is 0. The first-order chi connectivity index (χ1) is 14.1. The van der Waals surface area contributed by atoms with Gasteiger partial charge in [0.25, 0.3) is 5.56 Å². The van der Waals surface area contributed by atoms with Crippen molar-refractivity contribution >= 4 is 34.5 Å². The number of fused-ring (bicyclic) bond motifs is 1. The Morgan fingerprint density at radius 3 is 2.55 bits per heavy atom. The third-order valence-electron chi connectivity index (χ3n) is 5.14. The first-order valence-corrected chi connectivity index (χ1v) is 10.6. The molecule has 7 heteroatoms. The Labute approximate surface area is 172 Å². The van der Waals surface area contributed by atoms with Gasteiger partial charge in [-0.15, -0.1) is 0 Å².